The van der Waals surface area contributed by atoms with E-state index in [0.717, 1.165) is 40.2 Å². The van der Waals surface area contributed by atoms with Gasteiger partial charge in [0.25, 0.3) is 0 Å². The van der Waals surface area contributed by atoms with Crippen molar-refractivity contribution in [1.82, 2.24) is 9.55 Å². The van der Waals surface area contributed by atoms with Gasteiger partial charge in [0.2, 0.25) is 0 Å². The van der Waals surface area contributed by atoms with Crippen LogP contribution >= 0.6 is 0 Å². The number of hydrogen-bond acceptors (Lipinski definition) is 7. The van der Waals surface area contributed by atoms with Crippen LogP contribution in [0.4, 0.5) is 0 Å². The maximum atomic E-state index is 12.9. The highest BCUT2D eigenvalue weighted by Crippen LogP contribution is 2.29. The molecular weight excluding hydrogens is 442 g/mol. The molecule has 4 rings (SSSR count). The summed E-state index contributed by atoms with van der Waals surface area (Å²) in [5, 5.41) is 22.6. The second-order valence-corrected chi connectivity index (χ2v) is 9.02. The van der Waals surface area contributed by atoms with Crippen molar-refractivity contribution in [3.63, 3.8) is 0 Å². The molecule has 0 radical (unpaired) electrons. The Kier molecular flexibility index (Phi) is 7.21. The number of carbonyl (C=O) groups excluding carboxylic acids is 1. The van der Waals surface area contributed by atoms with Crippen LogP contribution in [0.5, 0.6) is 0 Å². The first kappa shape index (κ1) is 24.5. The second kappa shape index (κ2) is 10.3. The summed E-state index contributed by atoms with van der Waals surface area (Å²) in [4.78, 5) is 17.6. The average molecular weight is 474 g/mol. The van der Waals surface area contributed by atoms with Crippen LogP contribution in [0.1, 0.15) is 67.2 Å². The van der Waals surface area contributed by atoms with Gasteiger partial charge in [-0.25, -0.2) is 9.78 Å². The Bertz CT molecular complexity index is 1270. The second-order valence-electron chi connectivity index (χ2n) is 9.02. The molecule has 0 amide bonds. The van der Waals surface area contributed by atoms with Crippen LogP contribution in [0.15, 0.2) is 64.0 Å². The Balaban J connectivity index is 1.70. The Hall–Kier alpha value is -3.65. The standard InChI is InChI=1S/C27H31N5O3/c1-5-9-23-29-25(27(3,4)34)24(26(33)35-6-2)32(23)17-18-12-14-19(15-13-18)20-10-7-8-11-21(20)22-16-28-31-30-22/h7-8,10-15,34H,5-6,9,16-17H2,1-4H3. The summed E-state index contributed by atoms with van der Waals surface area (Å²) in [6.07, 6.45) is 1.55. The van der Waals surface area contributed by atoms with Gasteiger partial charge >= 0.3 is 5.97 Å². The van der Waals surface area contributed by atoms with Gasteiger partial charge in [0.15, 0.2) is 5.69 Å². The lowest BCUT2D eigenvalue weighted by molar-refractivity contribution is 0.0469. The number of nitrogens with zero attached hydrogens (tertiary/aromatic N) is 5. The highest BCUT2D eigenvalue weighted by Gasteiger charge is 2.32. The summed E-state index contributed by atoms with van der Waals surface area (Å²) in [6.45, 7) is 8.28. The zero-order chi connectivity index (χ0) is 25.0. The van der Waals surface area contributed by atoms with E-state index in [1.165, 1.54) is 0 Å². The fourth-order valence-corrected chi connectivity index (χ4v) is 4.23. The molecule has 0 saturated carbocycles. The molecule has 0 unspecified atom stereocenters. The number of imidazole rings is 1. The number of aliphatic hydroxyl groups is 1. The van der Waals surface area contributed by atoms with Crippen LogP contribution in [-0.4, -0.2) is 39.5 Å². The predicted octanol–water partition coefficient (Wildman–Crippen LogP) is 5.12. The van der Waals surface area contributed by atoms with Gasteiger partial charge in [0.1, 0.15) is 23.7 Å². The SMILES string of the molecule is CCCc1nc(C(C)(C)O)c(C(=O)OCC)n1Cc1ccc(-c2ccccc2C2=NN=NC2)cc1. The predicted molar refractivity (Wildman–Crippen MR) is 135 cm³/mol. The largest absolute Gasteiger partial charge is 0.461 e. The van der Waals surface area contributed by atoms with Crippen LogP contribution < -0.4 is 0 Å². The number of ether oxygens (including phenoxy) is 1. The summed E-state index contributed by atoms with van der Waals surface area (Å²) >= 11 is 0. The first-order valence-corrected chi connectivity index (χ1v) is 11.9. The van der Waals surface area contributed by atoms with E-state index in [-0.39, 0.29) is 6.61 Å². The van der Waals surface area contributed by atoms with Gasteiger partial charge in [-0.15, -0.1) is 5.10 Å². The first-order valence-electron chi connectivity index (χ1n) is 11.9. The van der Waals surface area contributed by atoms with Crippen molar-refractivity contribution in [1.29, 1.82) is 0 Å². The fourth-order valence-electron chi connectivity index (χ4n) is 4.23. The van der Waals surface area contributed by atoms with Crippen molar-refractivity contribution in [3.05, 3.63) is 76.9 Å². The number of aryl methyl sites for hydroxylation is 1. The summed E-state index contributed by atoms with van der Waals surface area (Å²) in [6, 6.07) is 16.3. The molecule has 1 aromatic heterocycles. The summed E-state index contributed by atoms with van der Waals surface area (Å²) in [5.41, 5.74) is 4.39. The van der Waals surface area contributed by atoms with E-state index in [1.54, 1.807) is 20.8 Å². The van der Waals surface area contributed by atoms with Gasteiger partial charge in [-0.05, 0) is 49.1 Å². The first-order chi connectivity index (χ1) is 16.8. The minimum absolute atomic E-state index is 0.248. The van der Waals surface area contributed by atoms with Crippen molar-refractivity contribution in [2.75, 3.05) is 13.2 Å². The van der Waals surface area contributed by atoms with Gasteiger partial charge in [0, 0.05) is 18.5 Å². The monoisotopic (exact) mass is 473 g/mol. The normalized spacial score (nSPS) is 13.2. The maximum absolute atomic E-state index is 12.9. The molecule has 8 heteroatoms. The molecule has 0 bridgehead atoms. The lowest BCUT2D eigenvalue weighted by Crippen LogP contribution is -2.23. The highest BCUT2D eigenvalue weighted by molar-refractivity contribution is 6.07. The maximum Gasteiger partial charge on any atom is 0.357 e. The number of carbonyl (C=O) groups is 1. The molecule has 0 atom stereocenters. The van der Waals surface area contributed by atoms with Gasteiger partial charge in [-0.2, -0.15) is 5.11 Å². The van der Waals surface area contributed by atoms with E-state index in [4.69, 9.17) is 4.74 Å². The molecule has 35 heavy (non-hydrogen) atoms. The summed E-state index contributed by atoms with van der Waals surface area (Å²) in [7, 11) is 0. The van der Waals surface area contributed by atoms with Gasteiger partial charge < -0.3 is 14.4 Å². The minimum Gasteiger partial charge on any atom is -0.461 e. The third kappa shape index (κ3) is 5.22. The highest BCUT2D eigenvalue weighted by atomic mass is 16.5. The minimum atomic E-state index is -1.27. The van der Waals surface area contributed by atoms with E-state index in [1.807, 2.05) is 34.9 Å². The Morgan fingerprint density at radius 1 is 1.09 bits per heavy atom. The van der Waals surface area contributed by atoms with Crippen molar-refractivity contribution in [2.45, 2.75) is 52.7 Å². The summed E-state index contributed by atoms with van der Waals surface area (Å²) in [5.74, 6) is 0.284. The Labute approximate surface area is 205 Å². The van der Waals surface area contributed by atoms with Crippen LogP contribution in [0, 0.1) is 0 Å². The number of rotatable bonds is 9. The molecule has 1 aliphatic heterocycles. The zero-order valence-corrected chi connectivity index (χ0v) is 20.7. The average Bonchev–Trinajstić information content (AvgIpc) is 3.49. The molecule has 8 nitrogen and oxygen atoms in total. The molecule has 0 fully saturated rings. The molecule has 0 spiro atoms. The molecule has 0 aliphatic carbocycles. The van der Waals surface area contributed by atoms with Crippen molar-refractivity contribution in [3.8, 4) is 11.1 Å². The zero-order valence-electron chi connectivity index (χ0n) is 20.7. The van der Waals surface area contributed by atoms with Gasteiger partial charge in [-0.3, -0.25) is 0 Å². The van der Waals surface area contributed by atoms with Crippen molar-refractivity contribution >= 4 is 11.7 Å². The third-order valence-corrected chi connectivity index (χ3v) is 5.86. The van der Waals surface area contributed by atoms with Crippen molar-refractivity contribution in [2.24, 2.45) is 15.4 Å². The van der Waals surface area contributed by atoms with E-state index < -0.39 is 11.6 Å². The molecule has 1 aliphatic rings. The fraction of sp³-hybridized carbons (Fsp3) is 0.370. The Morgan fingerprint density at radius 2 is 1.80 bits per heavy atom. The number of aromatic nitrogens is 2. The smallest absolute Gasteiger partial charge is 0.357 e. The lowest BCUT2D eigenvalue weighted by Gasteiger charge is -2.17. The van der Waals surface area contributed by atoms with Crippen LogP contribution in [0.2, 0.25) is 0 Å². The van der Waals surface area contributed by atoms with E-state index in [0.29, 0.717) is 30.9 Å². The summed E-state index contributed by atoms with van der Waals surface area (Å²) < 4.78 is 7.22. The molecule has 0 saturated heterocycles. The van der Waals surface area contributed by atoms with E-state index >= 15 is 0 Å². The quantitative estimate of drug-likeness (QED) is 0.436. The molecule has 3 aromatic rings. The molecule has 2 heterocycles. The lowest BCUT2D eigenvalue weighted by atomic mass is 9.96. The van der Waals surface area contributed by atoms with Crippen LogP contribution in [0.25, 0.3) is 11.1 Å². The number of esters is 1. The topological polar surface area (TPSA) is 101 Å². The number of benzene rings is 2. The number of hydrogen-bond donors (Lipinski definition) is 1. The van der Waals surface area contributed by atoms with Crippen LogP contribution in [-0.2, 0) is 23.3 Å². The molecular formula is C27H31N5O3. The molecule has 1 N–H and O–H groups in total. The molecule has 2 aromatic carbocycles. The van der Waals surface area contributed by atoms with Gasteiger partial charge in [0.05, 0.1) is 12.3 Å². The van der Waals surface area contributed by atoms with E-state index in [2.05, 4.69) is 45.5 Å². The van der Waals surface area contributed by atoms with Crippen molar-refractivity contribution < 1.29 is 14.6 Å². The van der Waals surface area contributed by atoms with Gasteiger partial charge in [-0.1, -0.05) is 55.5 Å². The van der Waals surface area contributed by atoms with Crippen LogP contribution in [0.3, 0.4) is 0 Å². The third-order valence-electron chi connectivity index (χ3n) is 5.86. The Morgan fingerprint density at radius 3 is 2.40 bits per heavy atom. The molecule has 182 valence electrons. The van der Waals surface area contributed by atoms with E-state index in [9.17, 15) is 9.90 Å².